The maximum Gasteiger partial charge on any atom is 0.337 e. The van der Waals surface area contributed by atoms with Gasteiger partial charge in [0.15, 0.2) is 0 Å². The number of methoxy groups -OCH3 is 1. The molecule has 0 bridgehead atoms. The number of unbranched alkanes of at least 4 members (excludes halogenated alkanes) is 2. The number of hydrogen-bond donors (Lipinski definition) is 0. The Kier molecular flexibility index (Phi) is 14.2. The molecule has 154 valence electrons. The van der Waals surface area contributed by atoms with Crippen molar-refractivity contribution in [2.24, 2.45) is 5.92 Å². The van der Waals surface area contributed by atoms with Gasteiger partial charge in [-0.1, -0.05) is 59.9 Å². The smallest absolute Gasteiger partial charge is 0.337 e. The molecule has 27 heavy (non-hydrogen) atoms. The molecule has 1 aromatic carbocycles. The van der Waals surface area contributed by atoms with Crippen LogP contribution in [0, 0.1) is 5.92 Å². The highest BCUT2D eigenvalue weighted by Crippen LogP contribution is 2.27. The van der Waals surface area contributed by atoms with E-state index in [1.54, 1.807) is 6.07 Å². The van der Waals surface area contributed by atoms with Crippen LogP contribution in [0.25, 0.3) is 0 Å². The summed E-state index contributed by atoms with van der Waals surface area (Å²) in [6.07, 6.45) is 6.69. The second-order valence-electron chi connectivity index (χ2n) is 6.50. The molecule has 0 fully saturated rings. The van der Waals surface area contributed by atoms with Crippen molar-refractivity contribution < 1.29 is 19.1 Å². The van der Waals surface area contributed by atoms with Crippen molar-refractivity contribution in [2.75, 3.05) is 13.7 Å². The van der Waals surface area contributed by atoms with Crippen molar-refractivity contribution >= 4 is 11.9 Å². The van der Waals surface area contributed by atoms with Gasteiger partial charge in [0.1, 0.15) is 0 Å². The van der Waals surface area contributed by atoms with Crippen LogP contribution in [-0.4, -0.2) is 25.7 Å². The Morgan fingerprint density at radius 3 is 2.33 bits per heavy atom. The predicted octanol–water partition coefficient (Wildman–Crippen LogP) is 5.75. The van der Waals surface area contributed by atoms with E-state index in [4.69, 9.17) is 9.47 Å². The van der Waals surface area contributed by atoms with Crippen molar-refractivity contribution in [3.05, 3.63) is 34.9 Å². The second kappa shape index (κ2) is 15.2. The summed E-state index contributed by atoms with van der Waals surface area (Å²) in [6, 6.07) is 5.57. The van der Waals surface area contributed by atoms with Crippen molar-refractivity contribution in [3.63, 3.8) is 0 Å². The Morgan fingerprint density at radius 2 is 1.74 bits per heavy atom. The lowest BCUT2D eigenvalue weighted by atomic mass is 9.83. The molecule has 1 aliphatic rings. The largest absolute Gasteiger partial charge is 0.465 e. The number of ether oxygens (including phenoxy) is 2. The van der Waals surface area contributed by atoms with Gasteiger partial charge < -0.3 is 9.47 Å². The fourth-order valence-corrected chi connectivity index (χ4v) is 2.84. The van der Waals surface area contributed by atoms with Gasteiger partial charge in [-0.15, -0.1) is 0 Å². The third-order valence-corrected chi connectivity index (χ3v) is 4.18. The third-order valence-electron chi connectivity index (χ3n) is 4.18. The fraction of sp³-hybridized carbons (Fsp3) is 0.652. The van der Waals surface area contributed by atoms with Gasteiger partial charge in [0.25, 0.3) is 0 Å². The van der Waals surface area contributed by atoms with Gasteiger partial charge in [-0.3, -0.25) is 4.79 Å². The molecule has 4 heteroatoms. The first-order valence-corrected chi connectivity index (χ1v) is 10.4. The highest BCUT2D eigenvalue weighted by atomic mass is 16.5. The molecular formula is C23H38O4. The van der Waals surface area contributed by atoms with Crippen LogP contribution in [0.15, 0.2) is 18.2 Å². The van der Waals surface area contributed by atoms with Gasteiger partial charge >= 0.3 is 11.9 Å². The van der Waals surface area contributed by atoms with Crippen molar-refractivity contribution in [1.29, 1.82) is 0 Å². The zero-order chi connectivity index (χ0) is 20.7. The summed E-state index contributed by atoms with van der Waals surface area (Å²) in [7, 11) is 1.38. The summed E-state index contributed by atoms with van der Waals surface area (Å²) >= 11 is 0. The molecule has 0 aliphatic heterocycles. The van der Waals surface area contributed by atoms with E-state index < -0.39 is 0 Å². The molecule has 1 atom stereocenters. The maximum atomic E-state index is 12.1. The SMILES string of the molecule is CC.CCC.CCCCCOC(=O)C1CCc2cc(C(=O)OC)ccc2C1. The van der Waals surface area contributed by atoms with E-state index in [1.165, 1.54) is 13.5 Å². The summed E-state index contributed by atoms with van der Waals surface area (Å²) < 4.78 is 10.1. The van der Waals surface area contributed by atoms with Crippen LogP contribution < -0.4 is 0 Å². The molecule has 0 spiro atoms. The standard InChI is InChI=1S/C18H24O4.C3H8.C2H6/c1-3-4-5-10-22-18(20)16-9-7-13-11-15(17(19)21-2)8-6-14(13)12-16;1-3-2;1-2/h6,8,11,16H,3-5,7,9-10,12H2,1-2H3;3H2,1-2H3;1-2H3. The van der Waals surface area contributed by atoms with Gasteiger partial charge in [-0.25, -0.2) is 4.79 Å². The summed E-state index contributed by atoms with van der Waals surface area (Å²) in [4.78, 5) is 23.6. The average molecular weight is 379 g/mol. The lowest BCUT2D eigenvalue weighted by Gasteiger charge is -2.23. The highest BCUT2D eigenvalue weighted by molar-refractivity contribution is 5.89. The Bertz CT molecular complexity index is 551. The molecular weight excluding hydrogens is 340 g/mol. The number of fused-ring (bicyclic) bond motifs is 1. The number of hydrogen-bond acceptors (Lipinski definition) is 4. The first-order chi connectivity index (χ1) is 13.1. The monoisotopic (exact) mass is 378 g/mol. The molecule has 1 aliphatic carbocycles. The van der Waals surface area contributed by atoms with E-state index in [9.17, 15) is 9.59 Å². The van der Waals surface area contributed by atoms with Gasteiger partial charge in [0, 0.05) is 0 Å². The van der Waals surface area contributed by atoms with E-state index >= 15 is 0 Å². The fourth-order valence-electron chi connectivity index (χ4n) is 2.84. The Labute approximate surface area is 165 Å². The summed E-state index contributed by atoms with van der Waals surface area (Å²) in [5.74, 6) is -0.461. The third kappa shape index (κ3) is 9.07. The van der Waals surface area contributed by atoms with Crippen molar-refractivity contribution in [2.45, 2.75) is 79.6 Å². The van der Waals surface area contributed by atoms with Crippen LogP contribution >= 0.6 is 0 Å². The van der Waals surface area contributed by atoms with E-state index in [0.717, 1.165) is 43.2 Å². The zero-order valence-electron chi connectivity index (χ0n) is 18.1. The minimum Gasteiger partial charge on any atom is -0.465 e. The van der Waals surface area contributed by atoms with Gasteiger partial charge in [-0.05, 0) is 48.9 Å². The zero-order valence-corrected chi connectivity index (χ0v) is 18.1. The molecule has 0 amide bonds. The molecule has 0 saturated carbocycles. The minimum absolute atomic E-state index is 0.0573. The molecule has 0 N–H and O–H groups in total. The van der Waals surface area contributed by atoms with Crippen molar-refractivity contribution in [3.8, 4) is 0 Å². The number of benzene rings is 1. The number of esters is 2. The van der Waals surface area contributed by atoms with Crippen molar-refractivity contribution in [1.82, 2.24) is 0 Å². The Balaban J connectivity index is 0.00000123. The molecule has 2 rings (SSSR count). The molecule has 0 heterocycles. The second-order valence-corrected chi connectivity index (χ2v) is 6.50. The number of carbonyl (C=O) groups excluding carboxylic acids is 2. The minimum atomic E-state index is -0.319. The topological polar surface area (TPSA) is 52.6 Å². The van der Waals surface area contributed by atoms with E-state index in [0.29, 0.717) is 18.6 Å². The molecule has 0 radical (unpaired) electrons. The first kappa shape index (κ1) is 25.2. The van der Waals surface area contributed by atoms with E-state index in [2.05, 4.69) is 20.8 Å². The molecule has 1 aromatic rings. The summed E-state index contributed by atoms with van der Waals surface area (Å²) in [6.45, 7) is 10.9. The summed E-state index contributed by atoms with van der Waals surface area (Å²) in [5.41, 5.74) is 2.84. The normalized spacial score (nSPS) is 14.5. The van der Waals surface area contributed by atoms with Crippen LogP contribution in [0.1, 0.15) is 88.2 Å². The van der Waals surface area contributed by atoms with Crippen LogP contribution in [0.2, 0.25) is 0 Å². The molecule has 1 unspecified atom stereocenters. The van der Waals surface area contributed by atoms with Gasteiger partial charge in [-0.2, -0.15) is 0 Å². The predicted molar refractivity (Wildman–Crippen MR) is 111 cm³/mol. The van der Waals surface area contributed by atoms with E-state index in [1.807, 2.05) is 26.0 Å². The quantitative estimate of drug-likeness (QED) is 0.467. The maximum absolute atomic E-state index is 12.1. The van der Waals surface area contributed by atoms with Gasteiger partial charge in [0.2, 0.25) is 0 Å². The Hall–Kier alpha value is -1.84. The lowest BCUT2D eigenvalue weighted by molar-refractivity contribution is -0.149. The average Bonchev–Trinajstić information content (AvgIpc) is 2.71. The lowest BCUT2D eigenvalue weighted by Crippen LogP contribution is -2.25. The van der Waals surface area contributed by atoms with Crippen LogP contribution in [0.3, 0.4) is 0 Å². The number of carbonyl (C=O) groups is 2. The van der Waals surface area contributed by atoms with Crippen LogP contribution in [0.4, 0.5) is 0 Å². The van der Waals surface area contributed by atoms with E-state index in [-0.39, 0.29) is 17.9 Å². The highest BCUT2D eigenvalue weighted by Gasteiger charge is 2.26. The number of rotatable bonds is 6. The first-order valence-electron chi connectivity index (χ1n) is 10.4. The van der Waals surface area contributed by atoms with Gasteiger partial charge in [0.05, 0.1) is 25.2 Å². The molecule has 0 saturated heterocycles. The van der Waals surface area contributed by atoms with Crippen LogP contribution in [-0.2, 0) is 27.1 Å². The summed E-state index contributed by atoms with van der Waals surface area (Å²) in [5, 5.41) is 0. The number of aryl methyl sites for hydroxylation is 1. The Morgan fingerprint density at radius 1 is 1.07 bits per heavy atom. The molecule has 4 nitrogen and oxygen atoms in total. The van der Waals surface area contributed by atoms with Crippen LogP contribution in [0.5, 0.6) is 0 Å². The molecule has 0 aromatic heterocycles.